The molecule has 0 bridgehead atoms. The largest absolute Gasteiger partial charge is 0.393 e. The van der Waals surface area contributed by atoms with Gasteiger partial charge in [-0.2, -0.15) is 0 Å². The number of aryl methyl sites for hydroxylation is 1. The first-order chi connectivity index (χ1) is 8.33. The molecule has 17 heavy (non-hydrogen) atoms. The third-order valence-electron chi connectivity index (χ3n) is 3.89. The Morgan fingerprint density at radius 3 is 2.88 bits per heavy atom. The maximum absolute atomic E-state index is 9.25. The van der Waals surface area contributed by atoms with E-state index in [1.54, 1.807) is 6.33 Å². The van der Waals surface area contributed by atoms with Crippen molar-refractivity contribution in [2.45, 2.75) is 44.6 Å². The number of hydrogen-bond donors (Lipinski definition) is 2. The molecule has 1 aromatic heterocycles. The average molecular weight is 233 g/mol. The summed E-state index contributed by atoms with van der Waals surface area (Å²) in [6.07, 6.45) is 8.15. The van der Waals surface area contributed by atoms with Gasteiger partial charge in [-0.3, -0.25) is 0 Å². The van der Waals surface area contributed by atoms with Crippen LogP contribution in [0.5, 0.6) is 0 Å². The molecule has 2 N–H and O–H groups in total. The molecule has 0 atom stereocenters. The minimum atomic E-state index is -0.0684. The molecule has 1 fully saturated rings. The molecule has 0 amide bonds. The van der Waals surface area contributed by atoms with E-state index in [9.17, 15) is 5.11 Å². The van der Waals surface area contributed by atoms with E-state index in [1.165, 1.54) is 24.1 Å². The SMILES string of the molecule is OC1CC(CNc2ncnc3c2CCCC3)C1. The summed E-state index contributed by atoms with van der Waals surface area (Å²) in [4.78, 5) is 8.72. The monoisotopic (exact) mass is 233 g/mol. The van der Waals surface area contributed by atoms with Crippen molar-refractivity contribution in [3.05, 3.63) is 17.6 Å². The first kappa shape index (κ1) is 11.0. The summed E-state index contributed by atoms with van der Waals surface area (Å²) >= 11 is 0. The van der Waals surface area contributed by atoms with Crippen molar-refractivity contribution in [3.63, 3.8) is 0 Å². The van der Waals surface area contributed by atoms with Gasteiger partial charge in [-0.05, 0) is 44.4 Å². The van der Waals surface area contributed by atoms with E-state index in [1.807, 2.05) is 0 Å². The van der Waals surface area contributed by atoms with Crippen LogP contribution in [0.1, 0.15) is 36.9 Å². The molecule has 92 valence electrons. The quantitative estimate of drug-likeness (QED) is 0.831. The minimum Gasteiger partial charge on any atom is -0.393 e. The van der Waals surface area contributed by atoms with E-state index in [4.69, 9.17) is 0 Å². The lowest BCUT2D eigenvalue weighted by atomic mass is 9.82. The number of hydrogen-bond acceptors (Lipinski definition) is 4. The molecule has 3 rings (SSSR count). The smallest absolute Gasteiger partial charge is 0.132 e. The van der Waals surface area contributed by atoms with E-state index in [0.717, 1.165) is 38.0 Å². The molecule has 0 aliphatic heterocycles. The van der Waals surface area contributed by atoms with Gasteiger partial charge in [-0.25, -0.2) is 9.97 Å². The summed E-state index contributed by atoms with van der Waals surface area (Å²) < 4.78 is 0. The minimum absolute atomic E-state index is 0.0684. The lowest BCUT2D eigenvalue weighted by Gasteiger charge is -2.31. The molecule has 1 heterocycles. The second-order valence-corrected chi connectivity index (χ2v) is 5.23. The maximum atomic E-state index is 9.25. The second kappa shape index (κ2) is 4.61. The van der Waals surface area contributed by atoms with Crippen LogP contribution in [0.15, 0.2) is 6.33 Å². The summed E-state index contributed by atoms with van der Waals surface area (Å²) in [5.41, 5.74) is 2.54. The van der Waals surface area contributed by atoms with Crippen molar-refractivity contribution in [3.8, 4) is 0 Å². The third-order valence-corrected chi connectivity index (χ3v) is 3.89. The van der Waals surface area contributed by atoms with Crippen LogP contribution in [-0.2, 0) is 12.8 Å². The summed E-state index contributed by atoms with van der Waals surface area (Å²) in [6, 6.07) is 0. The highest BCUT2D eigenvalue weighted by atomic mass is 16.3. The predicted molar refractivity (Wildman–Crippen MR) is 65.9 cm³/mol. The fraction of sp³-hybridized carbons (Fsp3) is 0.692. The molecule has 4 nitrogen and oxygen atoms in total. The molecule has 0 spiro atoms. The van der Waals surface area contributed by atoms with Crippen molar-refractivity contribution in [1.29, 1.82) is 0 Å². The first-order valence-corrected chi connectivity index (χ1v) is 6.57. The van der Waals surface area contributed by atoms with Gasteiger partial charge in [0.15, 0.2) is 0 Å². The van der Waals surface area contributed by atoms with Gasteiger partial charge in [0.05, 0.1) is 6.10 Å². The summed E-state index contributed by atoms with van der Waals surface area (Å²) in [6.45, 7) is 0.931. The molecule has 1 aromatic rings. The zero-order valence-electron chi connectivity index (χ0n) is 10.0. The number of aromatic nitrogens is 2. The van der Waals surface area contributed by atoms with Gasteiger partial charge >= 0.3 is 0 Å². The maximum Gasteiger partial charge on any atom is 0.132 e. The predicted octanol–water partition coefficient (Wildman–Crippen LogP) is 1.54. The Bertz CT molecular complexity index is 402. The molecule has 4 heteroatoms. The molecular formula is C13H19N3O. The van der Waals surface area contributed by atoms with Crippen LogP contribution in [0, 0.1) is 5.92 Å². The van der Waals surface area contributed by atoms with E-state index in [0.29, 0.717) is 5.92 Å². The molecule has 0 aromatic carbocycles. The zero-order valence-corrected chi connectivity index (χ0v) is 10.0. The molecule has 2 aliphatic rings. The number of aliphatic hydroxyl groups excluding tert-OH is 1. The Balaban J connectivity index is 1.66. The highest BCUT2D eigenvalue weighted by Crippen LogP contribution is 2.29. The molecular weight excluding hydrogens is 214 g/mol. The number of anilines is 1. The summed E-state index contributed by atoms with van der Waals surface area (Å²) in [5, 5.41) is 12.7. The molecule has 0 unspecified atom stereocenters. The lowest BCUT2D eigenvalue weighted by molar-refractivity contribution is 0.0486. The van der Waals surface area contributed by atoms with Crippen LogP contribution >= 0.6 is 0 Å². The zero-order chi connectivity index (χ0) is 11.7. The van der Waals surface area contributed by atoms with Gasteiger partial charge in [0.1, 0.15) is 12.1 Å². The molecule has 0 saturated heterocycles. The second-order valence-electron chi connectivity index (χ2n) is 5.23. The molecule has 1 saturated carbocycles. The van der Waals surface area contributed by atoms with Gasteiger partial charge in [-0.1, -0.05) is 0 Å². The van der Waals surface area contributed by atoms with Gasteiger partial charge in [-0.15, -0.1) is 0 Å². The average Bonchev–Trinajstić information content (AvgIpc) is 2.33. The van der Waals surface area contributed by atoms with Crippen molar-refractivity contribution >= 4 is 5.82 Å². The van der Waals surface area contributed by atoms with Crippen LogP contribution in [0.4, 0.5) is 5.82 Å². The highest BCUT2D eigenvalue weighted by molar-refractivity contribution is 5.47. The van der Waals surface area contributed by atoms with Crippen LogP contribution in [0.2, 0.25) is 0 Å². The van der Waals surface area contributed by atoms with Crippen LogP contribution in [0.25, 0.3) is 0 Å². The number of fused-ring (bicyclic) bond motifs is 1. The topological polar surface area (TPSA) is 58.0 Å². The van der Waals surface area contributed by atoms with Gasteiger partial charge in [0.2, 0.25) is 0 Å². The van der Waals surface area contributed by atoms with Crippen molar-refractivity contribution in [2.24, 2.45) is 5.92 Å². The van der Waals surface area contributed by atoms with Crippen LogP contribution in [-0.4, -0.2) is 27.7 Å². The van der Waals surface area contributed by atoms with Crippen LogP contribution in [0.3, 0.4) is 0 Å². The summed E-state index contributed by atoms with van der Waals surface area (Å²) in [5.74, 6) is 1.63. The Hall–Kier alpha value is -1.16. The van der Waals surface area contributed by atoms with E-state index in [2.05, 4.69) is 15.3 Å². The van der Waals surface area contributed by atoms with E-state index < -0.39 is 0 Å². The first-order valence-electron chi connectivity index (χ1n) is 6.57. The van der Waals surface area contributed by atoms with Gasteiger partial charge in [0, 0.05) is 17.8 Å². The Morgan fingerprint density at radius 2 is 2.06 bits per heavy atom. The Labute approximate surface area is 101 Å². The number of aliphatic hydroxyl groups is 1. The number of nitrogens with one attached hydrogen (secondary N) is 1. The Morgan fingerprint density at radius 1 is 1.24 bits per heavy atom. The van der Waals surface area contributed by atoms with Crippen molar-refractivity contribution in [1.82, 2.24) is 9.97 Å². The Kier molecular flexibility index (Phi) is 2.97. The molecule has 2 aliphatic carbocycles. The normalized spacial score (nSPS) is 27.1. The highest BCUT2D eigenvalue weighted by Gasteiger charge is 2.27. The lowest BCUT2D eigenvalue weighted by Crippen LogP contribution is -2.33. The fourth-order valence-electron chi connectivity index (χ4n) is 2.78. The fourth-order valence-corrected chi connectivity index (χ4v) is 2.78. The third kappa shape index (κ3) is 2.27. The van der Waals surface area contributed by atoms with Crippen molar-refractivity contribution in [2.75, 3.05) is 11.9 Å². The number of nitrogens with zero attached hydrogens (tertiary/aromatic N) is 2. The van der Waals surface area contributed by atoms with E-state index >= 15 is 0 Å². The number of rotatable bonds is 3. The summed E-state index contributed by atoms with van der Waals surface area (Å²) in [7, 11) is 0. The van der Waals surface area contributed by atoms with Gasteiger partial charge in [0.25, 0.3) is 0 Å². The van der Waals surface area contributed by atoms with E-state index in [-0.39, 0.29) is 6.10 Å². The van der Waals surface area contributed by atoms with Gasteiger partial charge < -0.3 is 10.4 Å². The van der Waals surface area contributed by atoms with Crippen molar-refractivity contribution < 1.29 is 5.11 Å². The standard InChI is InChI=1S/C13H19N3O/c17-10-5-9(6-10)7-14-13-11-3-1-2-4-12(11)15-8-16-13/h8-10,17H,1-7H2,(H,14,15,16). The molecule has 0 radical (unpaired) electrons. The van der Waals surface area contributed by atoms with Crippen LogP contribution < -0.4 is 5.32 Å².